The van der Waals surface area contributed by atoms with Gasteiger partial charge in [-0.25, -0.2) is 4.79 Å². The first-order valence-corrected chi connectivity index (χ1v) is 7.39. The second-order valence-electron chi connectivity index (χ2n) is 4.59. The van der Waals surface area contributed by atoms with E-state index in [1.807, 2.05) is 17.5 Å². The van der Waals surface area contributed by atoms with Crippen LogP contribution >= 0.6 is 11.3 Å². The van der Waals surface area contributed by atoms with Gasteiger partial charge in [0.2, 0.25) is 5.91 Å². The standard InChI is InChI=1S/C15H16N2O3S/c16-10-6-7-13(12(9-10)15(19)20)17-14(18)5-1-3-11-4-2-8-21-11/h2,4,6-9H,1,3,5,16H2,(H,17,18)(H,19,20). The van der Waals surface area contributed by atoms with E-state index < -0.39 is 5.97 Å². The number of nitrogens with two attached hydrogens (primary N) is 1. The third-order valence-electron chi connectivity index (χ3n) is 2.96. The number of hydrogen-bond donors (Lipinski definition) is 3. The molecule has 1 aromatic heterocycles. The van der Waals surface area contributed by atoms with Gasteiger partial charge in [0.05, 0.1) is 11.3 Å². The van der Waals surface area contributed by atoms with E-state index >= 15 is 0 Å². The molecule has 0 unspecified atom stereocenters. The van der Waals surface area contributed by atoms with Crippen LogP contribution in [0.15, 0.2) is 35.7 Å². The van der Waals surface area contributed by atoms with Crippen LogP contribution in [0, 0.1) is 0 Å². The molecule has 1 aromatic carbocycles. The lowest BCUT2D eigenvalue weighted by Gasteiger charge is -2.09. The average Bonchev–Trinajstić information content (AvgIpc) is 2.94. The summed E-state index contributed by atoms with van der Waals surface area (Å²) in [7, 11) is 0. The predicted octanol–water partition coefficient (Wildman–Crippen LogP) is 2.99. The van der Waals surface area contributed by atoms with E-state index in [1.54, 1.807) is 17.4 Å². The van der Waals surface area contributed by atoms with Crippen molar-refractivity contribution in [2.75, 3.05) is 11.1 Å². The van der Waals surface area contributed by atoms with Crippen LogP contribution in [0.1, 0.15) is 28.1 Å². The molecule has 2 rings (SSSR count). The molecule has 0 aliphatic rings. The number of thiophene rings is 1. The summed E-state index contributed by atoms with van der Waals surface area (Å²) in [4.78, 5) is 24.2. The number of aromatic carboxylic acids is 1. The van der Waals surface area contributed by atoms with Crippen LogP contribution in [0.3, 0.4) is 0 Å². The second-order valence-corrected chi connectivity index (χ2v) is 5.62. The fourth-order valence-corrected chi connectivity index (χ4v) is 2.69. The number of benzene rings is 1. The van der Waals surface area contributed by atoms with Crippen LogP contribution in [0.5, 0.6) is 0 Å². The smallest absolute Gasteiger partial charge is 0.337 e. The molecule has 110 valence electrons. The van der Waals surface area contributed by atoms with E-state index in [0.717, 1.165) is 12.8 Å². The molecule has 21 heavy (non-hydrogen) atoms. The highest BCUT2D eigenvalue weighted by molar-refractivity contribution is 7.09. The summed E-state index contributed by atoms with van der Waals surface area (Å²) in [5.41, 5.74) is 6.18. The molecule has 0 fully saturated rings. The molecule has 0 spiro atoms. The van der Waals surface area contributed by atoms with Gasteiger partial charge in [0.1, 0.15) is 0 Å². The molecule has 0 aliphatic heterocycles. The van der Waals surface area contributed by atoms with Crippen LogP contribution in [0.2, 0.25) is 0 Å². The minimum atomic E-state index is -1.11. The first kappa shape index (κ1) is 15.1. The van der Waals surface area contributed by atoms with Crippen LogP contribution in [-0.2, 0) is 11.2 Å². The van der Waals surface area contributed by atoms with Crippen molar-refractivity contribution in [1.82, 2.24) is 0 Å². The molecule has 0 atom stereocenters. The SMILES string of the molecule is Nc1ccc(NC(=O)CCCc2cccs2)c(C(=O)O)c1. The van der Waals surface area contributed by atoms with Crippen molar-refractivity contribution in [2.24, 2.45) is 0 Å². The Morgan fingerprint density at radius 2 is 2.10 bits per heavy atom. The summed E-state index contributed by atoms with van der Waals surface area (Å²) in [5.74, 6) is -1.31. The minimum Gasteiger partial charge on any atom is -0.478 e. The molecule has 2 aromatic rings. The average molecular weight is 304 g/mol. The van der Waals surface area contributed by atoms with Crippen molar-refractivity contribution in [3.05, 3.63) is 46.2 Å². The Morgan fingerprint density at radius 1 is 1.29 bits per heavy atom. The van der Waals surface area contributed by atoms with Crippen molar-refractivity contribution in [1.29, 1.82) is 0 Å². The Balaban J connectivity index is 1.92. The van der Waals surface area contributed by atoms with E-state index in [0.29, 0.717) is 12.1 Å². The van der Waals surface area contributed by atoms with E-state index in [9.17, 15) is 9.59 Å². The van der Waals surface area contributed by atoms with Gasteiger partial charge in [-0.1, -0.05) is 6.07 Å². The third-order valence-corrected chi connectivity index (χ3v) is 3.89. The molecular weight excluding hydrogens is 288 g/mol. The number of nitrogen functional groups attached to an aromatic ring is 1. The predicted molar refractivity (Wildman–Crippen MR) is 83.7 cm³/mol. The van der Waals surface area contributed by atoms with Gasteiger partial charge in [-0.15, -0.1) is 11.3 Å². The van der Waals surface area contributed by atoms with Gasteiger partial charge in [0.25, 0.3) is 0 Å². The van der Waals surface area contributed by atoms with Crippen LogP contribution in [-0.4, -0.2) is 17.0 Å². The van der Waals surface area contributed by atoms with Gasteiger partial charge in [-0.05, 0) is 42.5 Å². The van der Waals surface area contributed by atoms with Crippen molar-refractivity contribution in [2.45, 2.75) is 19.3 Å². The summed E-state index contributed by atoms with van der Waals surface area (Å²) in [6, 6.07) is 8.42. The maximum Gasteiger partial charge on any atom is 0.337 e. The quantitative estimate of drug-likeness (QED) is 0.715. The summed E-state index contributed by atoms with van der Waals surface area (Å²) >= 11 is 1.66. The molecule has 0 aliphatic carbocycles. The summed E-state index contributed by atoms with van der Waals surface area (Å²) in [6.45, 7) is 0. The number of nitrogens with one attached hydrogen (secondary N) is 1. The normalized spacial score (nSPS) is 10.3. The minimum absolute atomic E-state index is 0.00149. The molecule has 5 nitrogen and oxygen atoms in total. The number of hydrogen-bond acceptors (Lipinski definition) is 4. The largest absolute Gasteiger partial charge is 0.478 e. The lowest BCUT2D eigenvalue weighted by atomic mass is 10.1. The van der Waals surface area contributed by atoms with E-state index in [2.05, 4.69) is 5.32 Å². The Bertz CT molecular complexity index is 638. The van der Waals surface area contributed by atoms with Crippen molar-refractivity contribution in [3.8, 4) is 0 Å². The van der Waals surface area contributed by atoms with Crippen molar-refractivity contribution < 1.29 is 14.7 Å². The zero-order valence-electron chi connectivity index (χ0n) is 11.3. The second kappa shape index (κ2) is 6.90. The number of carboxylic acids is 1. The maximum absolute atomic E-state index is 11.9. The zero-order valence-corrected chi connectivity index (χ0v) is 12.2. The first-order chi connectivity index (χ1) is 10.1. The lowest BCUT2D eigenvalue weighted by molar-refractivity contribution is -0.116. The molecule has 0 bridgehead atoms. The number of anilines is 2. The van der Waals surface area contributed by atoms with Gasteiger partial charge in [-0.3, -0.25) is 4.79 Å². The number of amides is 1. The summed E-state index contributed by atoms with van der Waals surface area (Å²) < 4.78 is 0. The van der Waals surface area contributed by atoms with Gasteiger partial charge in [0, 0.05) is 17.0 Å². The van der Waals surface area contributed by atoms with E-state index in [-0.39, 0.29) is 17.2 Å². The van der Waals surface area contributed by atoms with Gasteiger partial charge < -0.3 is 16.2 Å². The van der Waals surface area contributed by atoms with Crippen LogP contribution in [0.4, 0.5) is 11.4 Å². The van der Waals surface area contributed by atoms with E-state index in [1.165, 1.54) is 17.0 Å². The van der Waals surface area contributed by atoms with Crippen LogP contribution in [0.25, 0.3) is 0 Å². The molecule has 0 radical (unpaired) electrons. The Hall–Kier alpha value is -2.34. The number of carbonyl (C=O) groups is 2. The maximum atomic E-state index is 11.9. The molecule has 1 heterocycles. The Labute approximate surface area is 126 Å². The topological polar surface area (TPSA) is 92.4 Å². The number of aryl methyl sites for hydroxylation is 1. The fraction of sp³-hybridized carbons (Fsp3) is 0.200. The van der Waals surface area contributed by atoms with Crippen molar-refractivity contribution >= 4 is 34.6 Å². The molecule has 1 amide bonds. The summed E-state index contributed by atoms with van der Waals surface area (Å²) in [5, 5.41) is 13.7. The highest BCUT2D eigenvalue weighted by atomic mass is 32.1. The Kier molecular flexibility index (Phi) is 4.94. The zero-order chi connectivity index (χ0) is 15.2. The van der Waals surface area contributed by atoms with E-state index in [4.69, 9.17) is 10.8 Å². The fourth-order valence-electron chi connectivity index (χ4n) is 1.94. The molecule has 0 saturated carbocycles. The third kappa shape index (κ3) is 4.32. The molecule has 6 heteroatoms. The van der Waals surface area contributed by atoms with Gasteiger partial charge >= 0.3 is 5.97 Å². The number of carbonyl (C=O) groups excluding carboxylic acids is 1. The highest BCUT2D eigenvalue weighted by Gasteiger charge is 2.12. The highest BCUT2D eigenvalue weighted by Crippen LogP contribution is 2.19. The number of carboxylic acid groups (broad SMARTS) is 1. The van der Waals surface area contributed by atoms with Gasteiger partial charge in [0.15, 0.2) is 0 Å². The molecule has 0 saturated heterocycles. The Morgan fingerprint density at radius 3 is 2.76 bits per heavy atom. The lowest BCUT2D eigenvalue weighted by Crippen LogP contribution is -2.14. The monoisotopic (exact) mass is 304 g/mol. The number of rotatable bonds is 6. The van der Waals surface area contributed by atoms with Gasteiger partial charge in [-0.2, -0.15) is 0 Å². The summed E-state index contributed by atoms with van der Waals surface area (Å²) in [6.07, 6.45) is 1.92. The van der Waals surface area contributed by atoms with Crippen molar-refractivity contribution in [3.63, 3.8) is 0 Å². The molecular formula is C15H16N2O3S. The van der Waals surface area contributed by atoms with Crippen LogP contribution < -0.4 is 11.1 Å². The molecule has 4 N–H and O–H groups in total. The first-order valence-electron chi connectivity index (χ1n) is 6.51.